The van der Waals surface area contributed by atoms with Gasteiger partial charge < -0.3 is 15.0 Å². The summed E-state index contributed by atoms with van der Waals surface area (Å²) in [4.78, 5) is 14.2. The Bertz CT molecular complexity index is 738. The Hall–Kier alpha value is -2.57. The van der Waals surface area contributed by atoms with Crippen molar-refractivity contribution in [2.24, 2.45) is 0 Å². The van der Waals surface area contributed by atoms with Crippen molar-refractivity contribution in [2.75, 3.05) is 20.2 Å². The van der Waals surface area contributed by atoms with Crippen LogP contribution in [0.2, 0.25) is 0 Å². The molecule has 1 aromatic heterocycles. The first-order chi connectivity index (χ1) is 12.2. The van der Waals surface area contributed by atoms with Gasteiger partial charge in [0.25, 0.3) is 0 Å². The quantitative estimate of drug-likeness (QED) is 0.906. The summed E-state index contributed by atoms with van der Waals surface area (Å²) in [6.07, 6.45) is 5.43. The second-order valence-corrected chi connectivity index (χ2v) is 6.79. The smallest absolute Gasteiger partial charge is 0.317 e. The number of hydrogen-bond acceptors (Lipinski definition) is 4. The Kier molecular flexibility index (Phi) is 4.29. The van der Waals surface area contributed by atoms with Gasteiger partial charge in [0, 0.05) is 31.7 Å². The van der Waals surface area contributed by atoms with E-state index in [9.17, 15) is 4.79 Å². The molecular weight excluding hydrogens is 318 g/mol. The molecule has 1 aliphatic carbocycles. The highest BCUT2D eigenvalue weighted by atomic mass is 16.5. The van der Waals surface area contributed by atoms with Crippen LogP contribution in [-0.2, 0) is 6.54 Å². The van der Waals surface area contributed by atoms with Gasteiger partial charge in [-0.3, -0.25) is 0 Å². The topological polar surface area (TPSA) is 72.3 Å². The number of amides is 2. The van der Waals surface area contributed by atoms with E-state index in [1.165, 1.54) is 12.8 Å². The molecule has 2 amide bonds. The van der Waals surface area contributed by atoms with E-state index in [1.807, 2.05) is 33.8 Å². The summed E-state index contributed by atoms with van der Waals surface area (Å²) in [6, 6.07) is 7.92. The van der Waals surface area contributed by atoms with E-state index in [-0.39, 0.29) is 12.1 Å². The number of carbonyl (C=O) groups excluding carboxylic acids is 1. The lowest BCUT2D eigenvalue weighted by Crippen LogP contribution is -2.38. The Morgan fingerprint density at radius 1 is 1.28 bits per heavy atom. The van der Waals surface area contributed by atoms with Crippen molar-refractivity contribution in [2.45, 2.75) is 37.8 Å². The number of aromatic nitrogens is 3. The van der Waals surface area contributed by atoms with Crippen molar-refractivity contribution in [3.63, 3.8) is 0 Å². The van der Waals surface area contributed by atoms with E-state index >= 15 is 0 Å². The molecule has 0 radical (unpaired) electrons. The molecule has 1 saturated heterocycles. The molecule has 2 aromatic rings. The fourth-order valence-electron chi connectivity index (χ4n) is 3.21. The molecule has 25 heavy (non-hydrogen) atoms. The maximum Gasteiger partial charge on any atom is 0.317 e. The van der Waals surface area contributed by atoms with Gasteiger partial charge in [0.1, 0.15) is 5.75 Å². The molecule has 2 fully saturated rings. The molecule has 0 unspecified atom stereocenters. The molecule has 1 N–H and O–H groups in total. The van der Waals surface area contributed by atoms with Crippen LogP contribution in [0.15, 0.2) is 30.5 Å². The van der Waals surface area contributed by atoms with Crippen molar-refractivity contribution < 1.29 is 9.53 Å². The Labute approximate surface area is 147 Å². The highest BCUT2D eigenvalue weighted by Gasteiger charge is 2.31. The molecule has 4 rings (SSSR count). The average molecular weight is 341 g/mol. The third-order valence-electron chi connectivity index (χ3n) is 4.95. The Morgan fingerprint density at radius 3 is 2.80 bits per heavy atom. The number of nitrogens with one attached hydrogen (secondary N) is 1. The van der Waals surface area contributed by atoms with Gasteiger partial charge in [0.05, 0.1) is 18.8 Å². The minimum atomic E-state index is -0.0270. The molecule has 0 bridgehead atoms. The van der Waals surface area contributed by atoms with Gasteiger partial charge in [-0.05, 0) is 37.0 Å². The van der Waals surface area contributed by atoms with Gasteiger partial charge in [-0.1, -0.05) is 17.3 Å². The minimum Gasteiger partial charge on any atom is -0.497 e. The van der Waals surface area contributed by atoms with E-state index in [1.54, 1.807) is 7.11 Å². The number of ether oxygens (including phenoxy) is 1. The van der Waals surface area contributed by atoms with E-state index in [4.69, 9.17) is 4.74 Å². The first-order valence-corrected chi connectivity index (χ1v) is 8.80. The molecule has 7 heteroatoms. The summed E-state index contributed by atoms with van der Waals surface area (Å²) in [5.41, 5.74) is 2.15. The maximum absolute atomic E-state index is 12.4. The van der Waals surface area contributed by atoms with Crippen LogP contribution in [-0.4, -0.2) is 46.1 Å². The number of rotatable bonds is 5. The van der Waals surface area contributed by atoms with Gasteiger partial charge in [0.15, 0.2) is 0 Å². The fraction of sp³-hybridized carbons (Fsp3) is 0.500. The van der Waals surface area contributed by atoms with Crippen molar-refractivity contribution in [1.82, 2.24) is 25.2 Å². The summed E-state index contributed by atoms with van der Waals surface area (Å²) < 4.78 is 7.08. The molecule has 1 aliphatic heterocycles. The van der Waals surface area contributed by atoms with Crippen molar-refractivity contribution in [3.05, 3.63) is 41.7 Å². The Morgan fingerprint density at radius 2 is 2.08 bits per heavy atom. The number of hydrogen-bond donors (Lipinski definition) is 1. The molecule has 7 nitrogen and oxygen atoms in total. The third-order valence-corrected chi connectivity index (χ3v) is 4.95. The molecular formula is C18H23N5O2. The van der Waals surface area contributed by atoms with Crippen LogP contribution < -0.4 is 10.1 Å². The van der Waals surface area contributed by atoms with Crippen LogP contribution in [0.3, 0.4) is 0 Å². The number of methoxy groups -OCH3 is 1. The second kappa shape index (κ2) is 6.74. The highest BCUT2D eigenvalue weighted by Crippen LogP contribution is 2.39. The normalized spacial score (nSPS) is 19.9. The number of benzene rings is 1. The lowest BCUT2D eigenvalue weighted by Gasteiger charge is -2.17. The summed E-state index contributed by atoms with van der Waals surface area (Å²) in [5, 5.41) is 11.5. The maximum atomic E-state index is 12.4. The first-order valence-electron chi connectivity index (χ1n) is 8.80. The van der Waals surface area contributed by atoms with Gasteiger partial charge >= 0.3 is 6.03 Å². The molecule has 1 saturated carbocycles. The van der Waals surface area contributed by atoms with E-state index in [2.05, 4.69) is 21.8 Å². The zero-order valence-electron chi connectivity index (χ0n) is 14.4. The van der Waals surface area contributed by atoms with Crippen LogP contribution in [0.25, 0.3) is 0 Å². The van der Waals surface area contributed by atoms with Gasteiger partial charge in [-0.25, -0.2) is 9.48 Å². The standard InChI is InChI=1S/C18H23N5O2/c1-25-16-6-2-13(3-7-16)10-19-18(24)22-9-8-15(11-22)23-12-17(20-21-23)14-4-5-14/h2-3,6-7,12,14-15H,4-5,8-11H2,1H3,(H,19,24)/t15-/m0/s1. The molecule has 1 aromatic carbocycles. The summed E-state index contributed by atoms with van der Waals surface area (Å²) in [5.74, 6) is 1.43. The van der Waals surface area contributed by atoms with Crippen LogP contribution in [0.1, 0.15) is 42.5 Å². The SMILES string of the molecule is COc1ccc(CNC(=O)N2CC[C@H](n3cc(C4CC4)nn3)C2)cc1. The third kappa shape index (κ3) is 3.60. The largest absolute Gasteiger partial charge is 0.497 e. The molecule has 2 aliphatic rings. The monoisotopic (exact) mass is 341 g/mol. The molecule has 2 heterocycles. The second-order valence-electron chi connectivity index (χ2n) is 6.79. The average Bonchev–Trinajstić information content (AvgIpc) is 3.18. The van der Waals surface area contributed by atoms with Crippen molar-refractivity contribution in [1.29, 1.82) is 0 Å². The zero-order valence-corrected chi connectivity index (χ0v) is 14.4. The predicted octanol–water partition coefficient (Wildman–Crippen LogP) is 2.32. The van der Waals surface area contributed by atoms with Crippen molar-refractivity contribution in [3.8, 4) is 5.75 Å². The van der Waals surface area contributed by atoms with Gasteiger partial charge in [-0.15, -0.1) is 5.10 Å². The van der Waals surface area contributed by atoms with Crippen molar-refractivity contribution >= 4 is 6.03 Å². The van der Waals surface area contributed by atoms with Gasteiger partial charge in [-0.2, -0.15) is 0 Å². The molecule has 1 atom stereocenters. The summed E-state index contributed by atoms with van der Waals surface area (Å²) in [7, 11) is 1.64. The minimum absolute atomic E-state index is 0.0270. The number of carbonyl (C=O) groups is 1. The number of urea groups is 1. The van der Waals surface area contributed by atoms with E-state index < -0.39 is 0 Å². The van der Waals surface area contributed by atoms with Crippen LogP contribution in [0.5, 0.6) is 5.75 Å². The van der Waals surface area contributed by atoms with E-state index in [0.717, 1.165) is 30.0 Å². The van der Waals surface area contributed by atoms with E-state index in [0.29, 0.717) is 19.0 Å². The lowest BCUT2D eigenvalue weighted by molar-refractivity contribution is 0.206. The first kappa shape index (κ1) is 15.9. The lowest BCUT2D eigenvalue weighted by atomic mass is 10.2. The summed E-state index contributed by atoms with van der Waals surface area (Å²) in [6.45, 7) is 1.94. The molecule has 0 spiro atoms. The fourth-order valence-corrected chi connectivity index (χ4v) is 3.21. The highest BCUT2D eigenvalue weighted by molar-refractivity contribution is 5.74. The van der Waals surface area contributed by atoms with Gasteiger partial charge in [0.2, 0.25) is 0 Å². The zero-order chi connectivity index (χ0) is 17.2. The summed E-state index contributed by atoms with van der Waals surface area (Å²) >= 11 is 0. The predicted molar refractivity (Wildman–Crippen MR) is 92.5 cm³/mol. The van der Waals surface area contributed by atoms with Crippen LogP contribution >= 0.6 is 0 Å². The Balaban J connectivity index is 1.28. The number of nitrogens with zero attached hydrogens (tertiary/aromatic N) is 4. The number of likely N-dealkylation sites (tertiary alicyclic amines) is 1. The van der Waals surface area contributed by atoms with Crippen LogP contribution in [0, 0.1) is 0 Å². The van der Waals surface area contributed by atoms with Crippen LogP contribution in [0.4, 0.5) is 4.79 Å². The molecule has 132 valence electrons.